The molecule has 11 heteroatoms. The highest BCUT2D eigenvalue weighted by Gasteiger charge is 2.31. The minimum atomic E-state index is -4.45. The molecule has 0 radical (unpaired) electrons. The maximum Gasteiger partial charge on any atom is 0.417 e. The summed E-state index contributed by atoms with van der Waals surface area (Å²) in [6.45, 7) is 1.67. The second-order valence-corrected chi connectivity index (χ2v) is 7.39. The molecule has 2 heterocycles. The molecule has 1 aliphatic rings. The van der Waals surface area contributed by atoms with Crippen LogP contribution in [0.15, 0.2) is 36.5 Å². The van der Waals surface area contributed by atoms with Crippen LogP contribution in [0.2, 0.25) is 0 Å². The standard InChI is InChI=1S/C20H22F3N5O3/c1-25(2)16-6-4-14(12-17(16)28(30)31)19(29)27-9-3-8-26(10-11-27)18-7-5-15(13-24-18)20(21,22)23/h4-7,12-13H,3,8-11H2,1-2H3. The Morgan fingerprint density at radius 1 is 1.13 bits per heavy atom. The average Bonchev–Trinajstić information content (AvgIpc) is 2.98. The van der Waals surface area contributed by atoms with Crippen LogP contribution in [0.5, 0.6) is 0 Å². The normalized spacial score (nSPS) is 14.9. The summed E-state index contributed by atoms with van der Waals surface area (Å²) in [7, 11) is 3.37. The summed E-state index contributed by atoms with van der Waals surface area (Å²) >= 11 is 0. The number of anilines is 2. The van der Waals surface area contributed by atoms with Gasteiger partial charge in [0.05, 0.1) is 10.5 Å². The number of benzene rings is 1. The number of nitrogens with zero attached hydrogens (tertiary/aromatic N) is 5. The molecule has 0 aliphatic carbocycles. The molecule has 0 unspecified atom stereocenters. The summed E-state index contributed by atoms with van der Waals surface area (Å²) in [5, 5.41) is 11.4. The van der Waals surface area contributed by atoms with E-state index in [0.29, 0.717) is 44.1 Å². The van der Waals surface area contributed by atoms with Crippen molar-refractivity contribution in [2.24, 2.45) is 0 Å². The van der Waals surface area contributed by atoms with E-state index in [0.717, 1.165) is 12.3 Å². The van der Waals surface area contributed by atoms with E-state index in [-0.39, 0.29) is 17.2 Å². The molecular weight excluding hydrogens is 415 g/mol. The van der Waals surface area contributed by atoms with Gasteiger partial charge in [-0.1, -0.05) is 0 Å². The number of carbonyl (C=O) groups is 1. The second-order valence-electron chi connectivity index (χ2n) is 7.39. The van der Waals surface area contributed by atoms with Gasteiger partial charge in [-0.05, 0) is 30.7 Å². The minimum absolute atomic E-state index is 0.152. The summed E-state index contributed by atoms with van der Waals surface area (Å²) in [5.41, 5.74) is -0.345. The summed E-state index contributed by atoms with van der Waals surface area (Å²) < 4.78 is 38.2. The monoisotopic (exact) mass is 437 g/mol. The van der Waals surface area contributed by atoms with E-state index >= 15 is 0 Å². The lowest BCUT2D eigenvalue weighted by Gasteiger charge is -2.23. The van der Waals surface area contributed by atoms with Crippen molar-refractivity contribution in [3.05, 3.63) is 57.8 Å². The molecule has 166 valence electrons. The van der Waals surface area contributed by atoms with Crippen molar-refractivity contribution in [3.8, 4) is 0 Å². The van der Waals surface area contributed by atoms with E-state index in [1.54, 1.807) is 36.0 Å². The van der Waals surface area contributed by atoms with E-state index in [2.05, 4.69) is 4.98 Å². The molecule has 2 aromatic rings. The molecule has 0 bridgehead atoms. The van der Waals surface area contributed by atoms with Crippen molar-refractivity contribution in [2.45, 2.75) is 12.6 Å². The Bertz CT molecular complexity index is 964. The molecule has 1 fully saturated rings. The fourth-order valence-electron chi connectivity index (χ4n) is 3.45. The Balaban J connectivity index is 1.73. The highest BCUT2D eigenvalue weighted by atomic mass is 19.4. The summed E-state index contributed by atoms with van der Waals surface area (Å²) in [6.07, 6.45) is -3.06. The fourth-order valence-corrected chi connectivity index (χ4v) is 3.45. The van der Waals surface area contributed by atoms with Crippen LogP contribution in [-0.2, 0) is 6.18 Å². The fraction of sp³-hybridized carbons (Fsp3) is 0.400. The molecule has 31 heavy (non-hydrogen) atoms. The topological polar surface area (TPSA) is 82.8 Å². The second kappa shape index (κ2) is 8.78. The van der Waals surface area contributed by atoms with Crippen molar-refractivity contribution in [1.29, 1.82) is 0 Å². The Labute approximate surface area is 177 Å². The number of nitro groups is 1. The quantitative estimate of drug-likeness (QED) is 0.539. The van der Waals surface area contributed by atoms with Crippen LogP contribution in [0.25, 0.3) is 0 Å². The number of pyridine rings is 1. The van der Waals surface area contributed by atoms with Crippen LogP contribution in [0.1, 0.15) is 22.3 Å². The third-order valence-corrected chi connectivity index (χ3v) is 5.08. The Morgan fingerprint density at radius 2 is 1.87 bits per heavy atom. The number of amides is 1. The smallest absolute Gasteiger partial charge is 0.372 e. The van der Waals surface area contributed by atoms with Crippen LogP contribution in [0.3, 0.4) is 0 Å². The number of alkyl halides is 3. The number of carbonyl (C=O) groups excluding carboxylic acids is 1. The molecule has 1 amide bonds. The molecule has 1 aromatic heterocycles. The zero-order valence-corrected chi connectivity index (χ0v) is 17.1. The van der Waals surface area contributed by atoms with Gasteiger partial charge < -0.3 is 14.7 Å². The van der Waals surface area contributed by atoms with Crippen molar-refractivity contribution < 1.29 is 22.9 Å². The lowest BCUT2D eigenvalue weighted by Crippen LogP contribution is -2.35. The molecule has 3 rings (SSSR count). The maximum absolute atomic E-state index is 12.9. The van der Waals surface area contributed by atoms with Crippen LogP contribution < -0.4 is 9.80 Å². The van der Waals surface area contributed by atoms with E-state index < -0.39 is 16.7 Å². The molecular formula is C20H22F3N5O3. The third-order valence-electron chi connectivity index (χ3n) is 5.08. The van der Waals surface area contributed by atoms with Gasteiger partial charge in [-0.15, -0.1) is 0 Å². The molecule has 0 spiro atoms. The molecule has 8 nitrogen and oxygen atoms in total. The molecule has 1 aromatic carbocycles. The highest BCUT2D eigenvalue weighted by molar-refractivity contribution is 5.95. The largest absolute Gasteiger partial charge is 0.417 e. The molecule has 1 saturated heterocycles. The SMILES string of the molecule is CN(C)c1ccc(C(=O)N2CCCN(c3ccc(C(F)(F)F)cn3)CC2)cc1[N+](=O)[O-]. The molecule has 0 atom stereocenters. The average molecular weight is 437 g/mol. The predicted octanol–water partition coefficient (Wildman–Crippen LogP) is 3.43. The number of hydrogen-bond donors (Lipinski definition) is 0. The number of rotatable bonds is 4. The van der Waals surface area contributed by atoms with Crippen LogP contribution in [0.4, 0.5) is 30.4 Å². The lowest BCUT2D eigenvalue weighted by molar-refractivity contribution is -0.384. The minimum Gasteiger partial charge on any atom is -0.372 e. The summed E-state index contributed by atoms with van der Waals surface area (Å²) in [5.74, 6) is 0.0870. The van der Waals surface area contributed by atoms with E-state index in [1.807, 2.05) is 4.90 Å². The first-order valence-electron chi connectivity index (χ1n) is 9.61. The Morgan fingerprint density at radius 3 is 2.45 bits per heavy atom. The highest BCUT2D eigenvalue weighted by Crippen LogP contribution is 2.30. The number of hydrogen-bond acceptors (Lipinski definition) is 6. The van der Waals surface area contributed by atoms with Gasteiger partial charge in [0.15, 0.2) is 0 Å². The van der Waals surface area contributed by atoms with Gasteiger partial charge in [0, 0.05) is 58.1 Å². The molecule has 0 saturated carbocycles. The van der Waals surface area contributed by atoms with Crippen molar-refractivity contribution >= 4 is 23.1 Å². The van der Waals surface area contributed by atoms with E-state index in [1.165, 1.54) is 12.1 Å². The zero-order chi connectivity index (χ0) is 22.8. The first-order chi connectivity index (χ1) is 14.6. The van der Waals surface area contributed by atoms with Crippen LogP contribution >= 0.6 is 0 Å². The van der Waals surface area contributed by atoms with Gasteiger partial charge in [-0.3, -0.25) is 14.9 Å². The van der Waals surface area contributed by atoms with E-state index in [4.69, 9.17) is 0 Å². The van der Waals surface area contributed by atoms with Gasteiger partial charge in [0.1, 0.15) is 11.5 Å². The van der Waals surface area contributed by atoms with Crippen LogP contribution in [0, 0.1) is 10.1 Å². The van der Waals surface area contributed by atoms with Crippen molar-refractivity contribution in [1.82, 2.24) is 9.88 Å². The Hall–Kier alpha value is -3.37. The van der Waals surface area contributed by atoms with Crippen LogP contribution in [-0.4, -0.2) is 61.0 Å². The first-order valence-corrected chi connectivity index (χ1v) is 9.61. The van der Waals surface area contributed by atoms with Crippen molar-refractivity contribution in [2.75, 3.05) is 50.1 Å². The lowest BCUT2D eigenvalue weighted by atomic mass is 10.1. The van der Waals surface area contributed by atoms with Gasteiger partial charge in [-0.2, -0.15) is 13.2 Å². The van der Waals surface area contributed by atoms with E-state index in [9.17, 15) is 28.1 Å². The van der Waals surface area contributed by atoms with Gasteiger partial charge in [0.25, 0.3) is 11.6 Å². The van der Waals surface area contributed by atoms with Gasteiger partial charge >= 0.3 is 6.18 Å². The molecule has 1 aliphatic heterocycles. The molecule has 0 N–H and O–H groups in total. The first kappa shape index (κ1) is 22.3. The summed E-state index contributed by atoms with van der Waals surface area (Å²) in [6, 6.07) is 6.69. The zero-order valence-electron chi connectivity index (χ0n) is 17.1. The summed E-state index contributed by atoms with van der Waals surface area (Å²) in [4.78, 5) is 32.7. The maximum atomic E-state index is 12.9. The Kier molecular flexibility index (Phi) is 6.32. The van der Waals surface area contributed by atoms with Gasteiger partial charge in [0.2, 0.25) is 0 Å². The number of halogens is 3. The predicted molar refractivity (Wildman–Crippen MR) is 109 cm³/mol. The number of aromatic nitrogens is 1. The van der Waals surface area contributed by atoms with Gasteiger partial charge in [-0.25, -0.2) is 4.98 Å². The van der Waals surface area contributed by atoms with Crippen molar-refractivity contribution in [3.63, 3.8) is 0 Å². The number of nitro benzene ring substituents is 1. The third kappa shape index (κ3) is 5.04.